The second-order valence-electron chi connectivity index (χ2n) is 23.9. The first kappa shape index (κ1) is 82.2. The van der Waals surface area contributed by atoms with Gasteiger partial charge in [0, 0.05) is 69.4 Å². The van der Waals surface area contributed by atoms with Crippen LogP contribution in [0.3, 0.4) is 0 Å². The number of carbonyl (C=O) groups is 12. The lowest BCUT2D eigenvalue weighted by Gasteiger charge is -2.29. The molecule has 13 amide bonds. The van der Waals surface area contributed by atoms with Gasteiger partial charge in [-0.25, -0.2) is 4.79 Å². The topological polar surface area (TPSA) is 412 Å². The number of rotatable bonds is 51. The molecule has 9 N–H and O–H groups in total. The molecular weight excluding hydrogens is 1370 g/mol. The summed E-state index contributed by atoms with van der Waals surface area (Å²) in [6, 6.07) is 24.5. The lowest BCUT2D eigenvalue weighted by molar-refractivity contribution is -0.146. The van der Waals surface area contributed by atoms with Gasteiger partial charge in [0.05, 0.1) is 125 Å². The Balaban J connectivity index is 0.705. The molecule has 0 aliphatic carbocycles. The number of methoxy groups -OCH3 is 1. The van der Waals surface area contributed by atoms with Crippen LogP contribution in [-0.4, -0.2) is 238 Å². The fourth-order valence-corrected chi connectivity index (χ4v) is 10.5. The molecule has 3 atom stereocenters. The van der Waals surface area contributed by atoms with Gasteiger partial charge in [0.1, 0.15) is 37.2 Å². The highest BCUT2D eigenvalue weighted by Gasteiger charge is 2.40. The molecule has 7 rings (SSSR count). The van der Waals surface area contributed by atoms with E-state index in [1.165, 1.54) is 4.90 Å². The van der Waals surface area contributed by atoms with Gasteiger partial charge in [0.2, 0.25) is 47.3 Å². The molecule has 4 aromatic carbocycles. The number of anilines is 1. The minimum absolute atomic E-state index is 0.0242. The van der Waals surface area contributed by atoms with Gasteiger partial charge < -0.3 is 94.8 Å². The maximum Gasteiger partial charge on any atom is 0.319 e. The Morgan fingerprint density at radius 2 is 1.10 bits per heavy atom. The maximum absolute atomic E-state index is 13.5. The summed E-state index contributed by atoms with van der Waals surface area (Å²) < 4.78 is 54.6. The molecule has 0 aromatic heterocycles. The molecule has 33 heteroatoms. The van der Waals surface area contributed by atoms with E-state index >= 15 is 0 Å². The number of fused-ring (bicyclic) bond motifs is 1. The van der Waals surface area contributed by atoms with Gasteiger partial charge in [-0.15, -0.1) is 0 Å². The van der Waals surface area contributed by atoms with Crippen molar-refractivity contribution in [3.63, 3.8) is 0 Å². The van der Waals surface area contributed by atoms with Crippen molar-refractivity contribution in [2.75, 3.05) is 144 Å². The summed E-state index contributed by atoms with van der Waals surface area (Å²) in [4.78, 5) is 156. The number of piperidine rings is 1. The van der Waals surface area contributed by atoms with Gasteiger partial charge in [-0.05, 0) is 77.4 Å². The number of nitrogens with one attached hydrogen (secondary N) is 9. The van der Waals surface area contributed by atoms with Crippen LogP contribution in [0.4, 0.5) is 10.5 Å². The van der Waals surface area contributed by atoms with Gasteiger partial charge in [-0.2, -0.15) is 0 Å². The molecule has 3 aliphatic heterocycles. The number of carbonyl (C=O) groups excluding carboxylic acids is 12. The fraction of sp³-hybridized carbons (Fsp3) is 0.472. The fourth-order valence-electron chi connectivity index (χ4n) is 10.5. The standard InChI is InChI=1S/C72H93N11O22/c1-96-26-27-98-30-31-100-34-35-102-38-39-103-37-36-101-33-32-99-29-28-97-25-23-61(84)73-24-5-8-60(83-66(89)21-22-67(83)90)69(92)76-43-63(86)74-45-65(88)80-58(41-50-6-3-2-4-7-50)68(91)75-44-64(87)78-49-104-47-51-9-11-52(12-10-51)48-105-56-16-14-55(15-17-56)79-72(95)77-42-53-13-18-57-54(40-53)46-82(71(57)94)59-19-20-62(85)81-70(59)93/h2-4,6-7,9-18,21-22,40,58-60H,5,8,19-20,23-39,41-49H2,1H3,(H,73,84)(H,74,86)(H,75,91)(H,76,92)(H,78,87)(H,80,88)(H2,77,79,95)(H,81,85,93)/t58-,59?,60+/m0/s1. The highest BCUT2D eigenvalue weighted by Crippen LogP contribution is 2.29. The largest absolute Gasteiger partial charge is 0.489 e. The van der Waals surface area contributed by atoms with E-state index in [4.69, 9.17) is 47.4 Å². The third-order valence-corrected chi connectivity index (χ3v) is 16.0. The van der Waals surface area contributed by atoms with E-state index < -0.39 is 91.0 Å². The number of amides is 13. The molecule has 0 spiro atoms. The summed E-state index contributed by atoms with van der Waals surface area (Å²) in [6.45, 7) is 5.02. The first-order valence-corrected chi connectivity index (χ1v) is 34.5. The van der Waals surface area contributed by atoms with Crippen molar-refractivity contribution in [2.24, 2.45) is 0 Å². The number of ether oxygens (including phenoxy) is 10. The molecule has 1 unspecified atom stereocenters. The number of benzene rings is 4. The molecule has 0 radical (unpaired) electrons. The van der Waals surface area contributed by atoms with Crippen LogP contribution < -0.4 is 52.6 Å². The number of hydrogen-bond acceptors (Lipinski definition) is 22. The summed E-state index contributed by atoms with van der Waals surface area (Å²) in [5.41, 5.74) is 4.84. The van der Waals surface area contributed by atoms with Crippen molar-refractivity contribution in [3.8, 4) is 5.75 Å². The van der Waals surface area contributed by atoms with Crippen molar-refractivity contribution in [2.45, 2.75) is 83.0 Å². The predicted molar refractivity (Wildman–Crippen MR) is 374 cm³/mol. The number of urea groups is 1. The first-order valence-electron chi connectivity index (χ1n) is 34.5. The maximum atomic E-state index is 13.5. The summed E-state index contributed by atoms with van der Waals surface area (Å²) >= 11 is 0. The van der Waals surface area contributed by atoms with E-state index in [1.807, 2.05) is 30.3 Å². The highest BCUT2D eigenvalue weighted by atomic mass is 16.6. The Morgan fingerprint density at radius 1 is 0.543 bits per heavy atom. The van der Waals surface area contributed by atoms with E-state index in [9.17, 15) is 57.5 Å². The SMILES string of the molecule is COCCOCCOCCOCCOCCOCCOCCOCCC(=O)NCCC[C@H](C(=O)NCC(=O)NCC(=O)N[C@@H](Cc1ccccc1)C(=O)NCC(=O)NCOCc1ccc(COc2ccc(NC(=O)NCc3ccc4c(c3)CN(C3CCC(=O)NC3=O)C4=O)cc2)cc1)N1C(=O)C=CC1=O. The van der Waals surface area contributed by atoms with Gasteiger partial charge in [-0.1, -0.05) is 66.7 Å². The van der Waals surface area contributed by atoms with Crippen molar-refractivity contribution in [3.05, 3.63) is 143 Å². The molecule has 4 aromatic rings. The minimum atomic E-state index is -1.33. The smallest absolute Gasteiger partial charge is 0.319 e. The van der Waals surface area contributed by atoms with Crippen molar-refractivity contribution in [1.29, 1.82) is 0 Å². The van der Waals surface area contributed by atoms with E-state index in [1.54, 1.807) is 73.8 Å². The predicted octanol–water partition coefficient (Wildman–Crippen LogP) is 0.357. The first-order chi connectivity index (χ1) is 51.0. The molecule has 0 saturated carbocycles. The highest BCUT2D eigenvalue weighted by molar-refractivity contribution is 6.15. The van der Waals surface area contributed by atoms with Gasteiger partial charge in [0.15, 0.2) is 0 Å². The molecule has 3 aliphatic rings. The van der Waals surface area contributed by atoms with Crippen LogP contribution in [0.5, 0.6) is 5.75 Å². The molecule has 0 bridgehead atoms. The second-order valence-corrected chi connectivity index (χ2v) is 23.9. The van der Waals surface area contributed by atoms with Crippen LogP contribution in [0.25, 0.3) is 0 Å². The number of hydrogen-bond donors (Lipinski definition) is 9. The van der Waals surface area contributed by atoms with Crippen LogP contribution in [0.15, 0.2) is 109 Å². The molecule has 3 heterocycles. The van der Waals surface area contributed by atoms with E-state index in [0.29, 0.717) is 102 Å². The molecule has 568 valence electrons. The monoisotopic (exact) mass is 1460 g/mol. The molecular formula is C72H93N11O22. The average molecular weight is 1460 g/mol. The molecule has 1 fully saturated rings. The van der Waals surface area contributed by atoms with Crippen LogP contribution in [0.2, 0.25) is 0 Å². The van der Waals surface area contributed by atoms with Crippen molar-refractivity contribution in [1.82, 2.24) is 52.3 Å². The zero-order valence-corrected chi connectivity index (χ0v) is 58.7. The Labute approximate surface area is 607 Å². The zero-order valence-electron chi connectivity index (χ0n) is 58.7. The van der Waals surface area contributed by atoms with E-state index in [-0.39, 0.29) is 116 Å². The Bertz CT molecular complexity index is 3510. The molecule has 105 heavy (non-hydrogen) atoms. The summed E-state index contributed by atoms with van der Waals surface area (Å²) in [7, 11) is 1.62. The van der Waals surface area contributed by atoms with Gasteiger partial charge in [0.25, 0.3) is 17.7 Å². The molecule has 1 saturated heterocycles. The Kier molecular flexibility index (Phi) is 36.5. The molecule has 33 nitrogen and oxygen atoms in total. The average Bonchev–Trinajstić information content (AvgIpc) is 1.64. The lowest BCUT2D eigenvalue weighted by atomic mass is 10.0. The normalized spacial score (nSPS) is 14.4. The van der Waals surface area contributed by atoms with Crippen molar-refractivity contribution < 1.29 is 105 Å². The number of nitrogens with zero attached hydrogens (tertiary/aromatic N) is 2. The third-order valence-electron chi connectivity index (χ3n) is 16.0. The quantitative estimate of drug-likeness (QED) is 0.0164. The van der Waals surface area contributed by atoms with E-state index in [0.717, 1.165) is 39.3 Å². The zero-order chi connectivity index (χ0) is 74.8. The minimum Gasteiger partial charge on any atom is -0.489 e. The van der Waals surface area contributed by atoms with Crippen molar-refractivity contribution >= 4 is 76.7 Å². The Hall–Kier alpha value is -10.1. The third kappa shape index (κ3) is 30.6. The second kappa shape index (κ2) is 46.6. The lowest BCUT2D eigenvalue weighted by Crippen LogP contribution is -2.53. The van der Waals surface area contributed by atoms with Crippen LogP contribution in [0, 0.1) is 0 Å². The van der Waals surface area contributed by atoms with Crippen LogP contribution in [0.1, 0.15) is 70.3 Å². The summed E-state index contributed by atoms with van der Waals surface area (Å²) in [5.74, 6) is -6.04. The number of imide groups is 2. The summed E-state index contributed by atoms with van der Waals surface area (Å²) in [6.07, 6.45) is 2.63. The van der Waals surface area contributed by atoms with Gasteiger partial charge >= 0.3 is 6.03 Å². The summed E-state index contributed by atoms with van der Waals surface area (Å²) in [5, 5.41) is 23.0. The Morgan fingerprint density at radius 3 is 1.71 bits per heavy atom. The van der Waals surface area contributed by atoms with Gasteiger partial charge in [-0.3, -0.25) is 63.0 Å². The van der Waals surface area contributed by atoms with E-state index in [2.05, 4.69) is 47.9 Å². The van der Waals surface area contributed by atoms with Crippen LogP contribution >= 0.6 is 0 Å². The van der Waals surface area contributed by atoms with Crippen LogP contribution in [-0.2, 0) is 123 Å².